The standard InChI is InChI=1S/C15H24N4O2/c1-12(20)17-13-7-6-8-14(11-13)21-10-9-16-15(18(2)3)19(4)5/h6-8,11H,9-10H2,1-5H3,(H,17,20). The second-order valence-corrected chi connectivity index (χ2v) is 5.03. The normalized spacial score (nSPS) is 9.76. The van der Waals surface area contributed by atoms with Crippen molar-refractivity contribution in [2.75, 3.05) is 46.7 Å². The highest BCUT2D eigenvalue weighted by molar-refractivity contribution is 5.88. The van der Waals surface area contributed by atoms with E-state index in [1.54, 1.807) is 6.07 Å². The van der Waals surface area contributed by atoms with Gasteiger partial charge in [0.15, 0.2) is 5.96 Å². The van der Waals surface area contributed by atoms with Crippen LogP contribution >= 0.6 is 0 Å². The maximum absolute atomic E-state index is 11.0. The topological polar surface area (TPSA) is 57.2 Å². The highest BCUT2D eigenvalue weighted by atomic mass is 16.5. The number of rotatable bonds is 5. The Bertz CT molecular complexity index is 488. The molecule has 0 aliphatic heterocycles. The Morgan fingerprint density at radius 3 is 2.48 bits per heavy atom. The molecule has 0 atom stereocenters. The summed E-state index contributed by atoms with van der Waals surface area (Å²) in [6, 6.07) is 7.31. The van der Waals surface area contributed by atoms with E-state index in [0.717, 1.165) is 11.6 Å². The zero-order valence-electron chi connectivity index (χ0n) is 13.4. The molecule has 0 aromatic heterocycles. The van der Waals surface area contributed by atoms with Gasteiger partial charge >= 0.3 is 0 Å². The van der Waals surface area contributed by atoms with E-state index in [4.69, 9.17) is 4.74 Å². The van der Waals surface area contributed by atoms with Crippen molar-refractivity contribution in [3.8, 4) is 5.75 Å². The molecule has 0 fully saturated rings. The number of amides is 1. The lowest BCUT2D eigenvalue weighted by atomic mass is 10.3. The van der Waals surface area contributed by atoms with Crippen LogP contribution in [0.15, 0.2) is 29.3 Å². The third kappa shape index (κ3) is 6.16. The summed E-state index contributed by atoms with van der Waals surface area (Å²) < 4.78 is 5.64. The van der Waals surface area contributed by atoms with Crippen LogP contribution < -0.4 is 10.1 Å². The summed E-state index contributed by atoms with van der Waals surface area (Å²) in [4.78, 5) is 19.4. The number of anilines is 1. The number of carbonyl (C=O) groups is 1. The van der Waals surface area contributed by atoms with Crippen LogP contribution in [0.3, 0.4) is 0 Å². The van der Waals surface area contributed by atoms with Gasteiger partial charge in [-0.25, -0.2) is 4.99 Å². The maximum atomic E-state index is 11.0. The van der Waals surface area contributed by atoms with Gasteiger partial charge in [-0.1, -0.05) is 6.07 Å². The smallest absolute Gasteiger partial charge is 0.221 e. The molecule has 6 heteroatoms. The van der Waals surface area contributed by atoms with Gasteiger partial charge in [-0.15, -0.1) is 0 Å². The van der Waals surface area contributed by atoms with Crippen molar-refractivity contribution >= 4 is 17.6 Å². The number of ether oxygens (including phenoxy) is 1. The predicted octanol–water partition coefficient (Wildman–Crippen LogP) is 1.50. The molecular formula is C15H24N4O2. The molecule has 21 heavy (non-hydrogen) atoms. The molecule has 0 saturated carbocycles. The van der Waals surface area contributed by atoms with E-state index in [1.165, 1.54) is 6.92 Å². The van der Waals surface area contributed by atoms with Crippen LogP contribution in [0.1, 0.15) is 6.92 Å². The predicted molar refractivity (Wildman–Crippen MR) is 85.9 cm³/mol. The first-order chi connectivity index (χ1) is 9.90. The second-order valence-electron chi connectivity index (χ2n) is 5.03. The molecule has 0 heterocycles. The highest BCUT2D eigenvalue weighted by Gasteiger charge is 2.03. The van der Waals surface area contributed by atoms with Crippen molar-refractivity contribution in [2.45, 2.75) is 6.92 Å². The molecular weight excluding hydrogens is 268 g/mol. The molecule has 1 aromatic rings. The first-order valence-corrected chi connectivity index (χ1v) is 6.79. The molecule has 0 radical (unpaired) electrons. The Hall–Kier alpha value is -2.24. The van der Waals surface area contributed by atoms with Gasteiger partial charge in [0.1, 0.15) is 12.4 Å². The average molecular weight is 292 g/mol. The lowest BCUT2D eigenvalue weighted by Gasteiger charge is -2.22. The Morgan fingerprint density at radius 2 is 1.90 bits per heavy atom. The quantitative estimate of drug-likeness (QED) is 0.508. The fourth-order valence-electron chi connectivity index (χ4n) is 1.86. The van der Waals surface area contributed by atoms with Crippen molar-refractivity contribution in [1.82, 2.24) is 9.80 Å². The molecule has 0 aliphatic rings. The SMILES string of the molecule is CC(=O)Nc1cccc(OCCN=C(N(C)C)N(C)C)c1. The number of nitrogens with one attached hydrogen (secondary N) is 1. The zero-order valence-corrected chi connectivity index (χ0v) is 13.4. The van der Waals surface area contributed by atoms with Crippen LogP contribution in [0.5, 0.6) is 5.75 Å². The molecule has 1 aromatic carbocycles. The molecule has 1 amide bonds. The van der Waals surface area contributed by atoms with Crippen molar-refractivity contribution in [2.24, 2.45) is 4.99 Å². The summed E-state index contributed by atoms with van der Waals surface area (Å²) in [5, 5.41) is 2.72. The van der Waals surface area contributed by atoms with Crippen molar-refractivity contribution in [3.63, 3.8) is 0 Å². The van der Waals surface area contributed by atoms with E-state index in [0.29, 0.717) is 18.9 Å². The number of hydrogen-bond donors (Lipinski definition) is 1. The monoisotopic (exact) mass is 292 g/mol. The van der Waals surface area contributed by atoms with Crippen molar-refractivity contribution in [1.29, 1.82) is 0 Å². The third-order valence-corrected chi connectivity index (χ3v) is 2.57. The molecule has 0 bridgehead atoms. The molecule has 1 N–H and O–H groups in total. The van der Waals surface area contributed by atoms with Gasteiger partial charge in [-0.2, -0.15) is 0 Å². The lowest BCUT2D eigenvalue weighted by Crippen LogP contribution is -2.35. The second kappa shape index (κ2) is 8.14. The minimum atomic E-state index is -0.0987. The van der Waals surface area contributed by atoms with Crippen LogP contribution in [0.4, 0.5) is 5.69 Å². The minimum absolute atomic E-state index is 0.0987. The van der Waals surface area contributed by atoms with E-state index in [1.807, 2.05) is 56.2 Å². The Balaban J connectivity index is 2.52. The van der Waals surface area contributed by atoms with Crippen LogP contribution in [-0.2, 0) is 4.79 Å². The summed E-state index contributed by atoms with van der Waals surface area (Å²) in [7, 11) is 7.82. The first kappa shape index (κ1) is 16.8. The van der Waals surface area contributed by atoms with Crippen molar-refractivity contribution in [3.05, 3.63) is 24.3 Å². The lowest BCUT2D eigenvalue weighted by molar-refractivity contribution is -0.114. The maximum Gasteiger partial charge on any atom is 0.221 e. The molecule has 1 rings (SSSR count). The van der Waals surface area contributed by atoms with Gasteiger partial charge in [0.25, 0.3) is 0 Å². The summed E-state index contributed by atoms with van der Waals surface area (Å²) in [6.45, 7) is 2.52. The van der Waals surface area contributed by atoms with E-state index in [-0.39, 0.29) is 5.91 Å². The van der Waals surface area contributed by atoms with E-state index in [9.17, 15) is 4.79 Å². The minimum Gasteiger partial charge on any atom is -0.492 e. The molecule has 0 unspecified atom stereocenters. The zero-order chi connectivity index (χ0) is 15.8. The number of nitrogens with zero attached hydrogens (tertiary/aromatic N) is 3. The number of guanidine groups is 1. The number of benzene rings is 1. The number of hydrogen-bond acceptors (Lipinski definition) is 3. The number of aliphatic imine (C=N–C) groups is 1. The highest BCUT2D eigenvalue weighted by Crippen LogP contribution is 2.17. The van der Waals surface area contributed by atoms with Crippen LogP contribution in [0.25, 0.3) is 0 Å². The van der Waals surface area contributed by atoms with Gasteiger partial charge < -0.3 is 19.9 Å². The van der Waals surface area contributed by atoms with E-state index in [2.05, 4.69) is 10.3 Å². The molecule has 116 valence electrons. The Kier molecular flexibility index (Phi) is 6.52. The van der Waals surface area contributed by atoms with Crippen molar-refractivity contribution < 1.29 is 9.53 Å². The Morgan fingerprint density at radius 1 is 1.24 bits per heavy atom. The largest absolute Gasteiger partial charge is 0.492 e. The summed E-state index contributed by atoms with van der Waals surface area (Å²) in [6.07, 6.45) is 0. The fraction of sp³-hybridized carbons (Fsp3) is 0.467. The number of carbonyl (C=O) groups excluding carboxylic acids is 1. The Labute approximate surface area is 126 Å². The molecule has 0 saturated heterocycles. The van der Waals surface area contributed by atoms with E-state index < -0.39 is 0 Å². The van der Waals surface area contributed by atoms with Gasteiger partial charge in [-0.05, 0) is 12.1 Å². The van der Waals surface area contributed by atoms with Crippen LogP contribution in [0, 0.1) is 0 Å². The van der Waals surface area contributed by atoms with E-state index >= 15 is 0 Å². The van der Waals surface area contributed by atoms with Crippen LogP contribution in [-0.4, -0.2) is 63.0 Å². The van der Waals surface area contributed by atoms with Gasteiger partial charge in [0.05, 0.1) is 6.54 Å². The molecule has 0 aliphatic carbocycles. The molecule has 0 spiro atoms. The van der Waals surface area contributed by atoms with Gasteiger partial charge in [0, 0.05) is 46.9 Å². The van der Waals surface area contributed by atoms with Crippen LogP contribution in [0.2, 0.25) is 0 Å². The summed E-state index contributed by atoms with van der Waals surface area (Å²) in [5.41, 5.74) is 0.728. The summed E-state index contributed by atoms with van der Waals surface area (Å²) >= 11 is 0. The average Bonchev–Trinajstić information content (AvgIpc) is 2.37. The summed E-state index contributed by atoms with van der Waals surface area (Å²) in [5.74, 6) is 1.51. The fourth-order valence-corrected chi connectivity index (χ4v) is 1.86. The third-order valence-electron chi connectivity index (χ3n) is 2.57. The van der Waals surface area contributed by atoms with Gasteiger partial charge in [0.2, 0.25) is 5.91 Å². The first-order valence-electron chi connectivity index (χ1n) is 6.79. The van der Waals surface area contributed by atoms with Gasteiger partial charge in [-0.3, -0.25) is 4.79 Å². The molecule has 6 nitrogen and oxygen atoms in total.